The molecule has 14 heteroatoms. The van der Waals surface area contributed by atoms with E-state index in [-0.39, 0.29) is 0 Å². The quantitative estimate of drug-likeness (QED) is 0.0854. The van der Waals surface area contributed by atoms with Crippen LogP contribution in [0.2, 0.25) is 0 Å². The molecule has 2 fully saturated rings. The van der Waals surface area contributed by atoms with E-state index in [4.69, 9.17) is 64.6 Å². The normalized spacial score (nSPS) is 13.2. The van der Waals surface area contributed by atoms with Crippen molar-refractivity contribution in [2.24, 2.45) is 6.89 Å². The Morgan fingerprint density at radius 1 is 0.312 bits per heavy atom. The smallest absolute Gasteiger partial charge is 0.0622 e. The summed E-state index contributed by atoms with van der Waals surface area (Å²) in [5.74, 6) is 0. The van der Waals surface area contributed by atoms with Crippen LogP contribution in [0.15, 0.2) is 189 Å². The van der Waals surface area contributed by atoms with Gasteiger partial charge in [0.2, 0.25) is 0 Å². The van der Waals surface area contributed by atoms with Crippen LogP contribution in [0.3, 0.4) is 0 Å². The Kier molecular flexibility index (Phi) is 29.0. The largest absolute Gasteiger partial charge is 0.0826 e. The molecule has 0 atom stereocenters. The van der Waals surface area contributed by atoms with Gasteiger partial charge in [-0.05, 0) is 59.1 Å². The van der Waals surface area contributed by atoms with E-state index in [2.05, 4.69) is 189 Å². The number of halogens is 6. The minimum absolute atomic E-state index is 0.502. The fourth-order valence-corrected chi connectivity index (χ4v) is 30.6. The van der Waals surface area contributed by atoms with Crippen LogP contribution in [-0.4, -0.2) is 26.4 Å². The predicted molar refractivity (Wildman–Crippen MR) is 278 cm³/mol. The molecular formula is C50H60Cl6N2O2P2Ta2+2. The molecule has 6 aromatic rings. The maximum absolute atomic E-state index is 5.38. The van der Waals surface area contributed by atoms with Gasteiger partial charge in [-0.25, -0.2) is 0 Å². The zero-order chi connectivity index (χ0) is 45.6. The van der Waals surface area contributed by atoms with Gasteiger partial charge in [-0.2, -0.15) is 0 Å². The third-order valence-corrected chi connectivity index (χ3v) is 22.5. The predicted octanol–water partition coefficient (Wildman–Crippen LogP) is 17.7. The fourth-order valence-electron chi connectivity index (χ4n) is 6.79. The van der Waals surface area contributed by atoms with Crippen molar-refractivity contribution in [2.45, 2.75) is 62.7 Å². The molecule has 0 aliphatic carbocycles. The summed E-state index contributed by atoms with van der Waals surface area (Å²) >= 11 is -7.58. The van der Waals surface area contributed by atoms with Gasteiger partial charge in [0.1, 0.15) is 0 Å². The van der Waals surface area contributed by atoms with Gasteiger partial charge in [0.15, 0.2) is 0 Å². The molecule has 6 aromatic carbocycles. The second-order valence-corrected chi connectivity index (χ2v) is 60.1. The van der Waals surface area contributed by atoms with Gasteiger partial charge in [0.05, 0.1) is 37.0 Å². The average Bonchev–Trinajstić information content (AvgIpc) is 4.10. The van der Waals surface area contributed by atoms with Gasteiger partial charge in [-0.1, -0.05) is 182 Å². The van der Waals surface area contributed by atoms with Crippen LogP contribution in [0, 0.1) is 0 Å². The van der Waals surface area contributed by atoms with Gasteiger partial charge >= 0.3 is 89.4 Å². The third kappa shape index (κ3) is 28.3. The number of ether oxygens (including phenoxy) is 2. The first-order valence-corrected chi connectivity index (χ1v) is 52.5. The van der Waals surface area contributed by atoms with E-state index < -0.39 is 43.3 Å². The molecule has 0 N–H and O–H groups in total. The van der Waals surface area contributed by atoms with E-state index in [0.29, 0.717) is 0 Å². The number of rotatable bonds is 13. The average molecular weight is 1360 g/mol. The molecule has 8 rings (SSSR count). The van der Waals surface area contributed by atoms with E-state index in [1.165, 1.54) is 96.0 Å². The van der Waals surface area contributed by atoms with E-state index in [0.717, 1.165) is 26.4 Å². The molecule has 64 heavy (non-hydrogen) atoms. The fraction of sp³-hybridized carbons (Fsp3) is 0.280. The minimum atomic E-state index is -3.79. The molecule has 2 heterocycles. The molecule has 0 radical (unpaired) electrons. The van der Waals surface area contributed by atoms with Crippen molar-refractivity contribution in [3.63, 3.8) is 0 Å². The summed E-state index contributed by atoms with van der Waals surface area (Å²) in [6.07, 6.45) is 12.5. The van der Waals surface area contributed by atoms with Crippen LogP contribution >= 0.6 is 71.0 Å². The van der Waals surface area contributed by atoms with Gasteiger partial charge in [0.25, 0.3) is 0 Å². The molecule has 4 nitrogen and oxygen atoms in total. The van der Waals surface area contributed by atoms with Crippen LogP contribution < -0.4 is 0 Å². The van der Waals surface area contributed by atoms with Crippen molar-refractivity contribution in [3.8, 4) is 0 Å². The molecule has 0 spiro atoms. The zero-order valence-corrected chi connectivity index (χ0v) is 49.1. The Bertz CT molecular complexity index is 1800. The van der Waals surface area contributed by atoms with Gasteiger partial charge in [0, 0.05) is 42.3 Å². The third-order valence-electron chi connectivity index (χ3n) is 9.68. The number of nitrogens with zero attached hydrogens (tertiary/aromatic N) is 2. The SMILES string of the molecule is C1CCOC1.C1CCOC1.[Cl][Ta]([Cl])([Cl])=[N][N]=[Ta]([Cl])([Cl])[Cl].c1ccc(C[PH+](Cc2ccccc2)Cc2ccccc2)cc1.c1ccc(C[PH+](Cc2ccccc2)Cc2ccccc2)cc1. The first-order valence-electron chi connectivity index (χ1n) is 21.5. The Labute approximate surface area is 414 Å². The summed E-state index contributed by atoms with van der Waals surface area (Å²) in [6.45, 7) is 4.00. The molecule has 0 aromatic heterocycles. The molecule has 0 amide bonds. The van der Waals surface area contributed by atoms with Crippen molar-refractivity contribution < 1.29 is 36.9 Å². The number of hydrogen-bond donors (Lipinski definition) is 0. The monoisotopic (exact) mass is 1350 g/mol. The molecule has 0 unspecified atom stereocenters. The topological polar surface area (TPSA) is 43.2 Å². The summed E-state index contributed by atoms with van der Waals surface area (Å²) in [6, 6.07) is 65.6. The van der Waals surface area contributed by atoms with E-state index in [1.54, 1.807) is 0 Å². The van der Waals surface area contributed by atoms with Gasteiger partial charge in [-0.15, -0.1) is 0 Å². The van der Waals surface area contributed by atoms with Crippen LogP contribution in [-0.2, 0) is 73.9 Å². The summed E-state index contributed by atoms with van der Waals surface area (Å²) in [7, 11) is 31.3. The zero-order valence-electron chi connectivity index (χ0n) is 36.1. The van der Waals surface area contributed by atoms with Crippen molar-refractivity contribution in [1.82, 2.24) is 0 Å². The maximum Gasteiger partial charge on any atom is 0.0826 e. The first-order chi connectivity index (χ1) is 31.0. The van der Waals surface area contributed by atoms with Crippen LogP contribution in [0.1, 0.15) is 59.1 Å². The van der Waals surface area contributed by atoms with Gasteiger partial charge < -0.3 is 9.47 Å². The molecule has 2 saturated heterocycles. The van der Waals surface area contributed by atoms with E-state index in [1.807, 2.05) is 0 Å². The second kappa shape index (κ2) is 33.4. The summed E-state index contributed by atoms with van der Waals surface area (Å²) in [5.41, 5.74) is 8.85. The van der Waals surface area contributed by atoms with Crippen LogP contribution in [0.4, 0.5) is 0 Å². The molecular weight excluding hydrogens is 1300 g/mol. The van der Waals surface area contributed by atoms with Gasteiger partial charge in [-0.3, -0.25) is 0 Å². The standard InChI is InChI=1S/2C21H21P.2C4H8O.6ClH.N2.2Ta/c2*1-4-10-19(11-5-1)16-22(17-20-12-6-2-7-13-20)18-21-14-8-3-9-15-21;2*1-2-4-5-3-1;;;;;;;1-2;;/h2*1-15H,16-18H2;2*1-4H2;6*1H;;;/q;;;;;;;;;;;2*+3/p-4. The van der Waals surface area contributed by atoms with E-state index in [9.17, 15) is 0 Å². The molecule has 2 aliphatic rings. The summed E-state index contributed by atoms with van der Waals surface area (Å²) in [4.78, 5) is 0. The Morgan fingerprint density at radius 2 is 0.484 bits per heavy atom. The number of benzene rings is 6. The van der Waals surface area contributed by atoms with Crippen LogP contribution in [0.25, 0.3) is 0 Å². The molecule has 0 bridgehead atoms. The Morgan fingerprint density at radius 3 is 0.609 bits per heavy atom. The Hall–Kier alpha value is -1.08. The summed E-state index contributed by atoms with van der Waals surface area (Å²) < 4.78 is 16.6. The molecule has 0 saturated carbocycles. The van der Waals surface area contributed by atoms with Crippen molar-refractivity contribution >= 4 is 71.0 Å². The molecule has 342 valence electrons. The summed E-state index contributed by atoms with van der Waals surface area (Å²) in [5, 5.41) is 0. The second-order valence-electron chi connectivity index (χ2n) is 15.1. The minimum Gasteiger partial charge on any atom is -0.0622 e. The van der Waals surface area contributed by atoms with Crippen LogP contribution in [0.5, 0.6) is 0 Å². The molecule has 2 aliphatic heterocycles. The van der Waals surface area contributed by atoms with Crippen molar-refractivity contribution in [3.05, 3.63) is 215 Å². The Balaban J connectivity index is 0.000000198. The maximum atomic E-state index is 5.38. The number of hydrogen-bond acceptors (Lipinski definition) is 4. The van der Waals surface area contributed by atoms with E-state index >= 15 is 0 Å². The van der Waals surface area contributed by atoms with Crippen molar-refractivity contribution in [2.75, 3.05) is 26.4 Å². The van der Waals surface area contributed by atoms with Crippen molar-refractivity contribution in [1.29, 1.82) is 0 Å². The first kappa shape index (κ1) is 55.5.